The lowest BCUT2D eigenvalue weighted by molar-refractivity contribution is 0.0351. The molecule has 0 amide bonds. The SMILES string of the molecule is [2H]C1C(C(C)OC/C=C(\C)CCC[C@H](C)CCC[C@H](C)CCCC(C)C)=C2/C=C3/C=CC(=N3)/C=c3/cc/c([nH]3)=C/C3=NC(=C\C1(C(C)OC/C=C(\C)CCC[C@H](C)CCC[C@H](C)CCCC(C)C)N2)/C=C3. The zero-order chi connectivity index (χ0) is 51.3. The quantitative estimate of drug-likeness (QED) is 0.0707. The third-order valence-electron chi connectivity index (χ3n) is 15.4. The Labute approximate surface area is 429 Å². The highest BCUT2D eigenvalue weighted by Gasteiger charge is 2.43. The van der Waals surface area contributed by atoms with Crippen molar-refractivity contribution in [1.82, 2.24) is 10.3 Å². The average molecular weight is 959 g/mol. The maximum absolute atomic E-state index is 10.2. The average Bonchev–Trinajstić information content (AvgIpc) is 4.11. The van der Waals surface area contributed by atoms with Crippen molar-refractivity contribution in [2.24, 2.45) is 45.5 Å². The molecule has 388 valence electrons. The summed E-state index contributed by atoms with van der Waals surface area (Å²) in [4.78, 5) is 13.6. The predicted molar refractivity (Wildman–Crippen MR) is 304 cm³/mol. The molecule has 1 aromatic heterocycles. The van der Waals surface area contributed by atoms with Gasteiger partial charge < -0.3 is 19.8 Å². The summed E-state index contributed by atoms with van der Waals surface area (Å²) < 4.78 is 23.7. The number of aliphatic imine (C=N–C) groups is 2. The van der Waals surface area contributed by atoms with Crippen LogP contribution in [0.2, 0.25) is 0 Å². The molecule has 8 atom stereocenters. The summed E-state index contributed by atoms with van der Waals surface area (Å²) in [5.41, 5.74) is 6.96. The largest absolute Gasteiger partial charge is 0.373 e. The number of aromatic nitrogens is 1. The summed E-state index contributed by atoms with van der Waals surface area (Å²) in [5, 5.41) is 5.85. The molecule has 70 heavy (non-hydrogen) atoms. The van der Waals surface area contributed by atoms with Crippen molar-refractivity contribution in [2.45, 2.75) is 223 Å². The first-order valence-electron chi connectivity index (χ1n) is 28.9. The maximum atomic E-state index is 10.2. The number of hydrogen-bond donors (Lipinski definition) is 2. The highest BCUT2D eigenvalue weighted by molar-refractivity contribution is 6.20. The molecule has 6 nitrogen and oxygen atoms in total. The van der Waals surface area contributed by atoms with Crippen LogP contribution < -0.4 is 16.0 Å². The molecular formula is C64H100N4O2. The van der Waals surface area contributed by atoms with Gasteiger partial charge in [-0.15, -0.1) is 0 Å². The van der Waals surface area contributed by atoms with Gasteiger partial charge in [-0.2, -0.15) is 0 Å². The highest BCUT2D eigenvalue weighted by atomic mass is 16.5. The second kappa shape index (κ2) is 29.7. The monoisotopic (exact) mass is 958 g/mol. The number of aromatic amines is 1. The number of hydrogen-bond acceptors (Lipinski definition) is 5. The van der Waals surface area contributed by atoms with Crippen LogP contribution in [0.25, 0.3) is 12.2 Å². The fraction of sp³-hybridized carbons (Fsp3) is 0.656. The first-order valence-corrected chi connectivity index (χ1v) is 28.3. The lowest BCUT2D eigenvalue weighted by atomic mass is 9.86. The van der Waals surface area contributed by atoms with Crippen molar-refractivity contribution in [3.05, 3.63) is 105 Å². The summed E-state index contributed by atoms with van der Waals surface area (Å²) in [6.45, 7) is 28.8. The molecule has 2 N–H and O–H groups in total. The minimum absolute atomic E-state index is 0.324. The molecule has 0 spiro atoms. The van der Waals surface area contributed by atoms with Gasteiger partial charge >= 0.3 is 0 Å². The molecule has 5 heterocycles. The first kappa shape index (κ1) is 55.6. The van der Waals surface area contributed by atoms with Crippen LogP contribution in [0.4, 0.5) is 0 Å². The molecule has 0 aromatic carbocycles. The number of fused-ring (bicyclic) bond motifs is 6. The van der Waals surface area contributed by atoms with E-state index >= 15 is 0 Å². The Morgan fingerprint density at radius 2 is 1.03 bits per heavy atom. The fourth-order valence-corrected chi connectivity index (χ4v) is 10.5. The Balaban J connectivity index is 1.23. The zero-order valence-electron chi connectivity index (χ0n) is 47.5. The Morgan fingerprint density at radius 1 is 0.586 bits per heavy atom. The first-order chi connectivity index (χ1) is 34.0. The zero-order valence-corrected chi connectivity index (χ0v) is 46.5. The molecule has 8 bridgehead atoms. The Hall–Kier alpha value is -3.74. The van der Waals surface area contributed by atoms with Gasteiger partial charge in [0.05, 0.1) is 53.8 Å². The van der Waals surface area contributed by atoms with Gasteiger partial charge in [-0.1, -0.05) is 169 Å². The topological polar surface area (TPSA) is 71.0 Å². The van der Waals surface area contributed by atoms with Crippen LogP contribution in [0.1, 0.15) is 206 Å². The molecule has 6 heteroatoms. The van der Waals surface area contributed by atoms with Crippen molar-refractivity contribution in [3.8, 4) is 0 Å². The molecule has 4 unspecified atom stereocenters. The van der Waals surface area contributed by atoms with Crippen molar-refractivity contribution < 1.29 is 10.8 Å². The van der Waals surface area contributed by atoms with Crippen LogP contribution in [-0.4, -0.2) is 47.4 Å². The minimum atomic E-state index is -0.924. The van der Waals surface area contributed by atoms with Crippen LogP contribution in [0.5, 0.6) is 0 Å². The smallest absolute Gasteiger partial charge is 0.0878 e. The summed E-state index contributed by atoms with van der Waals surface area (Å²) >= 11 is 0. The number of ether oxygens (including phenoxy) is 2. The fourth-order valence-electron chi connectivity index (χ4n) is 10.5. The van der Waals surface area contributed by atoms with Crippen molar-refractivity contribution in [3.63, 3.8) is 0 Å². The maximum Gasteiger partial charge on any atom is 0.0878 e. The van der Waals surface area contributed by atoms with Gasteiger partial charge in [0.15, 0.2) is 0 Å². The summed E-state index contributed by atoms with van der Waals surface area (Å²) in [6, 6.07) is 4.14. The number of nitrogens with one attached hydrogen (secondary N) is 2. The van der Waals surface area contributed by atoms with Gasteiger partial charge in [-0.05, 0) is 155 Å². The number of H-pyrrole nitrogens is 1. The lowest BCUT2D eigenvalue weighted by Gasteiger charge is -2.34. The van der Waals surface area contributed by atoms with E-state index in [1.807, 2.05) is 6.08 Å². The highest BCUT2D eigenvalue weighted by Crippen LogP contribution is 2.39. The van der Waals surface area contributed by atoms with Gasteiger partial charge in [0.2, 0.25) is 0 Å². The van der Waals surface area contributed by atoms with E-state index in [0.29, 0.717) is 13.2 Å². The van der Waals surface area contributed by atoms with Crippen molar-refractivity contribution in [2.75, 3.05) is 13.2 Å². The van der Waals surface area contributed by atoms with Crippen LogP contribution in [0, 0.1) is 35.5 Å². The number of nitrogens with zero attached hydrogens (tertiary/aromatic N) is 2. The third-order valence-corrected chi connectivity index (χ3v) is 15.4. The number of allylic oxidation sites excluding steroid dienone is 7. The van der Waals surface area contributed by atoms with E-state index in [1.54, 1.807) is 0 Å². The Morgan fingerprint density at radius 3 is 1.53 bits per heavy atom. The van der Waals surface area contributed by atoms with E-state index in [-0.39, 0.29) is 12.2 Å². The Kier molecular flexibility index (Phi) is 23.6. The van der Waals surface area contributed by atoms with Crippen molar-refractivity contribution in [1.29, 1.82) is 0 Å². The lowest BCUT2D eigenvalue weighted by Crippen LogP contribution is -2.49. The molecule has 0 saturated carbocycles. The van der Waals surface area contributed by atoms with Gasteiger partial charge in [-0.25, -0.2) is 9.98 Å². The molecule has 0 radical (unpaired) electrons. The summed E-state index contributed by atoms with van der Waals surface area (Å²) in [6.07, 6.45) is 43.1. The normalized spacial score (nSPS) is 24.4. The van der Waals surface area contributed by atoms with Crippen molar-refractivity contribution >= 4 is 23.6 Å². The van der Waals surface area contributed by atoms with E-state index in [9.17, 15) is 1.37 Å². The molecule has 4 aliphatic rings. The minimum Gasteiger partial charge on any atom is -0.373 e. The van der Waals surface area contributed by atoms with Crippen LogP contribution in [0.3, 0.4) is 0 Å². The van der Waals surface area contributed by atoms with E-state index in [4.69, 9.17) is 19.5 Å². The van der Waals surface area contributed by atoms with Gasteiger partial charge in [0.1, 0.15) is 0 Å². The third kappa shape index (κ3) is 20.4. The van der Waals surface area contributed by atoms with Gasteiger partial charge in [0.25, 0.3) is 0 Å². The molecule has 4 aliphatic heterocycles. The molecule has 0 saturated heterocycles. The standard InChI is InChI=1S/C64H100N4O2/c1-46(2)19-13-21-48(5)23-15-25-50(7)27-17-29-52(9)37-39-69-54(11)62-45-64(55(12)70-40-38-53(10)30-18-28-51(8)26-16-24-49(6)22-14-20-47(3)4)44-61-36-35-59(67-61)42-57-32-31-56(65-57)41-58-33-34-60(66-58)43-63(62)68-64/h31-38,41-44,46-51,54-55,65,68H,13-30,39-40,45H2,1-12H3/b52-37+,53-38+,56-41-,57-42-,60-43-,61-44-/t48-,49-,50-,51-,54?,55?,64?/m1/s1/i45D/t45?,48-,49-,50-,51-,54?,55?,64?. The number of rotatable bonds is 32. The predicted octanol–water partition coefficient (Wildman–Crippen LogP) is 15.9. The van der Waals surface area contributed by atoms with Gasteiger partial charge in [0, 0.05) is 24.2 Å². The molecule has 5 rings (SSSR count). The Bertz CT molecular complexity index is 2230. The van der Waals surface area contributed by atoms with Gasteiger partial charge in [-0.3, -0.25) is 0 Å². The van der Waals surface area contributed by atoms with Crippen LogP contribution in [0.15, 0.2) is 105 Å². The second-order valence-corrected chi connectivity index (χ2v) is 23.4. The second-order valence-electron chi connectivity index (χ2n) is 23.4. The van der Waals surface area contributed by atoms with E-state index in [2.05, 4.69) is 160 Å². The van der Waals surface area contributed by atoms with Crippen LogP contribution in [-0.2, 0) is 9.47 Å². The van der Waals surface area contributed by atoms with Crippen LogP contribution >= 0.6 is 0 Å². The summed E-state index contributed by atoms with van der Waals surface area (Å²) in [7, 11) is 0. The van der Waals surface area contributed by atoms with E-state index in [1.165, 1.54) is 114 Å². The molecule has 1 aromatic rings. The van der Waals surface area contributed by atoms with E-state index in [0.717, 1.165) is 93.1 Å². The van der Waals surface area contributed by atoms with E-state index < -0.39 is 11.9 Å². The molecule has 0 fully saturated rings. The molecule has 0 aliphatic carbocycles. The molecular weight excluding hydrogens is 857 g/mol. The summed E-state index contributed by atoms with van der Waals surface area (Å²) in [5.74, 6) is 4.85.